The molecule has 2 heterocycles. The van der Waals surface area contributed by atoms with Gasteiger partial charge in [0.1, 0.15) is 5.75 Å². The van der Waals surface area contributed by atoms with Crippen molar-refractivity contribution in [2.75, 3.05) is 0 Å². The highest BCUT2D eigenvalue weighted by molar-refractivity contribution is 7.13. The van der Waals surface area contributed by atoms with Crippen LogP contribution in [-0.2, 0) is 6.61 Å². The van der Waals surface area contributed by atoms with Crippen LogP contribution < -0.4 is 4.74 Å². The van der Waals surface area contributed by atoms with Gasteiger partial charge in [-0.3, -0.25) is 0 Å². The van der Waals surface area contributed by atoms with Crippen LogP contribution in [0.5, 0.6) is 5.75 Å². The second-order valence-electron chi connectivity index (χ2n) is 3.88. The van der Waals surface area contributed by atoms with Gasteiger partial charge in [-0.25, -0.2) is 0 Å². The fraction of sp³-hybridized carbons (Fsp3) is 0.0769. The van der Waals surface area contributed by atoms with Crippen molar-refractivity contribution < 1.29 is 9.26 Å². The molecule has 3 aromatic rings. The van der Waals surface area contributed by atoms with Gasteiger partial charge < -0.3 is 9.26 Å². The molecule has 0 fully saturated rings. The molecule has 102 valence electrons. The summed E-state index contributed by atoms with van der Waals surface area (Å²) in [7, 11) is 0. The van der Waals surface area contributed by atoms with Crippen LogP contribution in [0, 0.1) is 0 Å². The number of thiophene rings is 1. The molecule has 0 radical (unpaired) electrons. The number of halogens is 2. The van der Waals surface area contributed by atoms with E-state index >= 15 is 0 Å². The Morgan fingerprint density at radius 2 is 2.00 bits per heavy atom. The molecular weight excluding hydrogens is 319 g/mol. The maximum absolute atomic E-state index is 5.89. The van der Waals surface area contributed by atoms with E-state index in [1.165, 1.54) is 0 Å². The summed E-state index contributed by atoms with van der Waals surface area (Å²) in [5.41, 5.74) is 0. The normalized spacial score (nSPS) is 10.7. The summed E-state index contributed by atoms with van der Waals surface area (Å²) in [4.78, 5) is 5.20. The maximum Gasteiger partial charge on any atom is 0.264 e. The Hall–Kier alpha value is -1.56. The minimum absolute atomic E-state index is 0.162. The third kappa shape index (κ3) is 3.12. The number of nitrogens with zero attached hydrogens (tertiary/aromatic N) is 2. The summed E-state index contributed by atoms with van der Waals surface area (Å²) >= 11 is 13.3. The molecule has 0 spiro atoms. The molecule has 0 atom stereocenters. The van der Waals surface area contributed by atoms with Crippen molar-refractivity contribution in [1.82, 2.24) is 10.1 Å². The van der Waals surface area contributed by atoms with Gasteiger partial charge in [-0.1, -0.05) is 34.4 Å². The van der Waals surface area contributed by atoms with Gasteiger partial charge in [0.15, 0.2) is 6.61 Å². The van der Waals surface area contributed by atoms with E-state index in [-0.39, 0.29) is 6.61 Å². The smallest absolute Gasteiger partial charge is 0.264 e. The first-order valence-corrected chi connectivity index (χ1v) is 7.29. The Morgan fingerprint density at radius 1 is 1.20 bits per heavy atom. The molecule has 2 aromatic heterocycles. The highest BCUT2D eigenvalue weighted by Gasteiger charge is 2.10. The van der Waals surface area contributed by atoms with Gasteiger partial charge in [-0.2, -0.15) is 4.98 Å². The molecule has 0 unspecified atom stereocenters. The van der Waals surface area contributed by atoms with Gasteiger partial charge in [0.25, 0.3) is 5.89 Å². The number of benzene rings is 1. The second kappa shape index (κ2) is 5.83. The molecule has 0 aliphatic heterocycles. The molecule has 0 amide bonds. The zero-order valence-electron chi connectivity index (χ0n) is 10.0. The lowest BCUT2D eigenvalue weighted by molar-refractivity contribution is 0.243. The van der Waals surface area contributed by atoms with Crippen LogP contribution in [0.2, 0.25) is 10.0 Å². The fourth-order valence-electron chi connectivity index (χ4n) is 1.58. The fourth-order valence-corrected chi connectivity index (χ4v) is 2.73. The molecule has 1 aromatic carbocycles. The van der Waals surface area contributed by atoms with Crippen molar-refractivity contribution in [3.63, 3.8) is 0 Å². The zero-order chi connectivity index (χ0) is 13.9. The number of hydrogen-bond donors (Lipinski definition) is 0. The summed E-state index contributed by atoms with van der Waals surface area (Å²) in [5, 5.41) is 6.88. The summed E-state index contributed by atoms with van der Waals surface area (Å²) in [5.74, 6) is 1.51. The molecule has 20 heavy (non-hydrogen) atoms. The number of aromatic nitrogens is 2. The molecule has 7 heteroatoms. The number of rotatable bonds is 4. The topological polar surface area (TPSA) is 48.2 Å². The van der Waals surface area contributed by atoms with E-state index in [2.05, 4.69) is 10.1 Å². The Labute approximate surface area is 128 Å². The summed E-state index contributed by atoms with van der Waals surface area (Å²) < 4.78 is 10.6. The monoisotopic (exact) mass is 326 g/mol. The molecule has 0 N–H and O–H groups in total. The molecular formula is C13H8Cl2N2O2S. The van der Waals surface area contributed by atoms with Crippen molar-refractivity contribution >= 4 is 34.5 Å². The second-order valence-corrected chi connectivity index (χ2v) is 5.70. The Balaban J connectivity index is 1.69. The van der Waals surface area contributed by atoms with Crippen molar-refractivity contribution in [2.24, 2.45) is 0 Å². The van der Waals surface area contributed by atoms with Gasteiger partial charge in [0, 0.05) is 10.0 Å². The van der Waals surface area contributed by atoms with E-state index in [9.17, 15) is 0 Å². The third-order valence-corrected chi connectivity index (χ3v) is 3.71. The third-order valence-electron chi connectivity index (χ3n) is 2.41. The highest BCUT2D eigenvalue weighted by atomic mass is 35.5. The van der Waals surface area contributed by atoms with Gasteiger partial charge in [0.2, 0.25) is 5.82 Å². The van der Waals surface area contributed by atoms with Crippen LogP contribution in [0.4, 0.5) is 0 Å². The quantitative estimate of drug-likeness (QED) is 0.698. The minimum Gasteiger partial charge on any atom is -0.484 e. The van der Waals surface area contributed by atoms with Crippen LogP contribution in [0.1, 0.15) is 5.89 Å². The van der Waals surface area contributed by atoms with Crippen molar-refractivity contribution in [3.05, 3.63) is 51.6 Å². The molecule has 0 saturated heterocycles. The van der Waals surface area contributed by atoms with Gasteiger partial charge in [-0.15, -0.1) is 11.3 Å². The van der Waals surface area contributed by atoms with Crippen molar-refractivity contribution in [3.8, 4) is 16.5 Å². The Bertz CT molecular complexity index is 693. The van der Waals surface area contributed by atoms with Crippen molar-refractivity contribution in [2.45, 2.75) is 6.61 Å². The highest BCUT2D eigenvalue weighted by Crippen LogP contribution is 2.25. The zero-order valence-corrected chi connectivity index (χ0v) is 12.4. The van der Waals surface area contributed by atoms with E-state index in [1.54, 1.807) is 29.5 Å². The summed E-state index contributed by atoms with van der Waals surface area (Å²) in [6.07, 6.45) is 0. The average Bonchev–Trinajstić information content (AvgIpc) is 3.06. The first kappa shape index (κ1) is 13.4. The van der Waals surface area contributed by atoms with Gasteiger partial charge in [-0.05, 0) is 29.6 Å². The van der Waals surface area contributed by atoms with Crippen LogP contribution in [0.15, 0.2) is 40.2 Å². The molecule has 0 aliphatic rings. The van der Waals surface area contributed by atoms with E-state index in [4.69, 9.17) is 32.5 Å². The lowest BCUT2D eigenvalue weighted by atomic mass is 10.3. The lowest BCUT2D eigenvalue weighted by Gasteiger charge is -2.03. The molecule has 0 bridgehead atoms. The van der Waals surface area contributed by atoms with E-state index in [0.29, 0.717) is 27.5 Å². The molecule has 3 rings (SSSR count). The van der Waals surface area contributed by atoms with E-state index < -0.39 is 0 Å². The standard InChI is InChI=1S/C13H8Cl2N2O2S/c14-8-4-9(15)6-10(5-8)18-7-12-16-13(17-19-12)11-2-1-3-20-11/h1-6H,7H2. The first-order valence-electron chi connectivity index (χ1n) is 5.66. The maximum atomic E-state index is 5.89. The van der Waals surface area contributed by atoms with Crippen LogP contribution >= 0.6 is 34.5 Å². The predicted octanol–water partition coefficient (Wildman–Crippen LogP) is 4.68. The van der Waals surface area contributed by atoms with E-state index in [1.807, 2.05) is 17.5 Å². The molecule has 0 aliphatic carbocycles. The average molecular weight is 327 g/mol. The van der Waals surface area contributed by atoms with Crippen LogP contribution in [0.3, 0.4) is 0 Å². The number of ether oxygens (including phenoxy) is 1. The predicted molar refractivity (Wildman–Crippen MR) is 78.4 cm³/mol. The largest absolute Gasteiger partial charge is 0.484 e. The summed E-state index contributed by atoms with van der Waals surface area (Å²) in [6, 6.07) is 8.84. The Morgan fingerprint density at radius 3 is 2.70 bits per heavy atom. The first-order chi connectivity index (χ1) is 9.70. The van der Waals surface area contributed by atoms with Crippen molar-refractivity contribution in [1.29, 1.82) is 0 Å². The van der Waals surface area contributed by atoms with Gasteiger partial charge >= 0.3 is 0 Å². The number of hydrogen-bond acceptors (Lipinski definition) is 5. The minimum atomic E-state index is 0.162. The van der Waals surface area contributed by atoms with E-state index in [0.717, 1.165) is 4.88 Å². The summed E-state index contributed by atoms with van der Waals surface area (Å²) in [6.45, 7) is 0.162. The van der Waals surface area contributed by atoms with Crippen LogP contribution in [0.25, 0.3) is 10.7 Å². The Kier molecular flexibility index (Phi) is 3.91. The van der Waals surface area contributed by atoms with Crippen LogP contribution in [-0.4, -0.2) is 10.1 Å². The van der Waals surface area contributed by atoms with Gasteiger partial charge in [0.05, 0.1) is 4.88 Å². The SMILES string of the molecule is Clc1cc(Cl)cc(OCc2nc(-c3cccs3)no2)c1. The lowest BCUT2D eigenvalue weighted by Crippen LogP contribution is -1.95. The molecule has 4 nitrogen and oxygen atoms in total. The molecule has 0 saturated carbocycles.